The highest BCUT2D eigenvalue weighted by atomic mass is 19.4. The molecular weight excluding hydrogens is 295 g/mol. The second-order valence-corrected chi connectivity index (χ2v) is 5.46. The number of carbonyl (C=O) groups excluding carboxylic acids is 2. The maximum atomic E-state index is 12.4. The number of halogens is 3. The van der Waals surface area contributed by atoms with Crippen LogP contribution in [0.1, 0.15) is 48.0 Å². The molecule has 1 aliphatic rings. The molecule has 0 bridgehead atoms. The van der Waals surface area contributed by atoms with Crippen molar-refractivity contribution in [1.82, 2.24) is 4.90 Å². The first kappa shape index (κ1) is 16.5. The van der Waals surface area contributed by atoms with Gasteiger partial charge in [-0.3, -0.25) is 9.59 Å². The largest absolute Gasteiger partial charge is 0.471 e. The van der Waals surface area contributed by atoms with E-state index in [2.05, 4.69) is 0 Å². The number of benzene rings is 1. The molecule has 120 valence electrons. The molecule has 0 spiro atoms. The molecule has 1 aliphatic heterocycles. The Morgan fingerprint density at radius 3 is 2.14 bits per heavy atom. The Morgan fingerprint density at radius 1 is 1.14 bits per heavy atom. The van der Waals surface area contributed by atoms with Crippen molar-refractivity contribution in [2.24, 2.45) is 0 Å². The predicted octanol–water partition coefficient (Wildman–Crippen LogP) is 3.55. The number of likely N-dealkylation sites (tertiary alicyclic amines) is 1. The molecule has 1 amide bonds. The smallest absolute Gasteiger partial charge is 0.335 e. The van der Waals surface area contributed by atoms with Crippen LogP contribution in [0, 0.1) is 0 Å². The summed E-state index contributed by atoms with van der Waals surface area (Å²) in [5.41, 5.74) is 1.66. The third-order valence-electron chi connectivity index (χ3n) is 4.05. The molecule has 1 heterocycles. The molecular formula is C16H18F3NO2. The highest BCUT2D eigenvalue weighted by Gasteiger charge is 2.43. The second kappa shape index (κ2) is 6.50. The van der Waals surface area contributed by atoms with Gasteiger partial charge in [0.15, 0.2) is 5.78 Å². The van der Waals surface area contributed by atoms with E-state index in [1.54, 1.807) is 19.1 Å². The number of rotatable bonds is 3. The predicted molar refractivity (Wildman–Crippen MR) is 75.7 cm³/mol. The van der Waals surface area contributed by atoms with Crippen LogP contribution >= 0.6 is 0 Å². The Morgan fingerprint density at radius 2 is 1.68 bits per heavy atom. The summed E-state index contributed by atoms with van der Waals surface area (Å²) in [6.07, 6.45) is -3.35. The number of piperidine rings is 1. The Bertz CT molecular complexity index is 544. The summed E-state index contributed by atoms with van der Waals surface area (Å²) in [4.78, 5) is 23.6. The van der Waals surface area contributed by atoms with Crippen LogP contribution in [0.3, 0.4) is 0 Å². The van der Waals surface area contributed by atoms with Gasteiger partial charge in [0.1, 0.15) is 0 Å². The van der Waals surface area contributed by atoms with Crippen molar-refractivity contribution in [2.75, 3.05) is 13.1 Å². The lowest BCUT2D eigenvalue weighted by Gasteiger charge is -2.32. The van der Waals surface area contributed by atoms with Gasteiger partial charge >= 0.3 is 12.1 Å². The van der Waals surface area contributed by atoms with Crippen LogP contribution in [0.25, 0.3) is 0 Å². The van der Waals surface area contributed by atoms with Gasteiger partial charge in [-0.1, -0.05) is 31.2 Å². The van der Waals surface area contributed by atoms with Gasteiger partial charge in [-0.15, -0.1) is 0 Å². The zero-order valence-corrected chi connectivity index (χ0v) is 12.3. The molecule has 0 N–H and O–H groups in total. The molecule has 0 aliphatic carbocycles. The number of amides is 1. The first-order valence-electron chi connectivity index (χ1n) is 7.32. The van der Waals surface area contributed by atoms with E-state index < -0.39 is 12.1 Å². The lowest BCUT2D eigenvalue weighted by molar-refractivity contribution is -0.186. The highest BCUT2D eigenvalue weighted by molar-refractivity contribution is 5.95. The van der Waals surface area contributed by atoms with Crippen LogP contribution < -0.4 is 0 Å². The molecule has 1 aromatic rings. The minimum atomic E-state index is -4.80. The van der Waals surface area contributed by atoms with Crippen LogP contribution in [-0.2, 0) is 4.79 Å². The Hall–Kier alpha value is -1.85. The molecule has 0 aromatic heterocycles. The average Bonchev–Trinajstić information content (AvgIpc) is 2.53. The summed E-state index contributed by atoms with van der Waals surface area (Å²) in [6.45, 7) is 2.01. The van der Waals surface area contributed by atoms with Crippen molar-refractivity contribution >= 4 is 11.7 Å². The van der Waals surface area contributed by atoms with E-state index in [0.29, 0.717) is 24.8 Å². The molecule has 1 aromatic carbocycles. The van der Waals surface area contributed by atoms with Crippen LogP contribution in [0.2, 0.25) is 0 Å². The summed E-state index contributed by atoms with van der Waals surface area (Å²) in [5.74, 6) is -1.56. The normalized spacial score (nSPS) is 16.6. The van der Waals surface area contributed by atoms with E-state index in [9.17, 15) is 22.8 Å². The maximum Gasteiger partial charge on any atom is 0.471 e. The zero-order chi connectivity index (χ0) is 16.3. The van der Waals surface area contributed by atoms with Crippen molar-refractivity contribution in [3.63, 3.8) is 0 Å². The number of hydrogen-bond donors (Lipinski definition) is 0. The Kier molecular flexibility index (Phi) is 4.88. The van der Waals surface area contributed by atoms with E-state index in [1.165, 1.54) is 0 Å². The number of Topliss-reactive ketones (excluding diaryl/α,β-unsaturated/α-hetero) is 1. The quantitative estimate of drug-likeness (QED) is 0.800. The minimum absolute atomic E-state index is 0.0668. The SMILES string of the molecule is CCC(=O)c1ccc(C2CCN(C(=O)C(F)(F)F)CC2)cc1. The van der Waals surface area contributed by atoms with E-state index in [1.807, 2.05) is 12.1 Å². The fraction of sp³-hybridized carbons (Fsp3) is 0.500. The Labute approximate surface area is 127 Å². The summed E-state index contributed by atoms with van der Waals surface area (Å²) >= 11 is 0. The summed E-state index contributed by atoms with van der Waals surface area (Å²) < 4.78 is 37.2. The van der Waals surface area contributed by atoms with E-state index >= 15 is 0 Å². The van der Waals surface area contributed by atoms with E-state index in [4.69, 9.17) is 0 Å². The number of ketones is 1. The van der Waals surface area contributed by atoms with Crippen LogP contribution in [0.4, 0.5) is 13.2 Å². The third-order valence-corrected chi connectivity index (χ3v) is 4.05. The number of carbonyl (C=O) groups is 2. The molecule has 2 rings (SSSR count). The zero-order valence-electron chi connectivity index (χ0n) is 12.3. The molecule has 22 heavy (non-hydrogen) atoms. The molecule has 0 saturated carbocycles. The van der Waals surface area contributed by atoms with Gasteiger partial charge in [0.05, 0.1) is 0 Å². The molecule has 1 fully saturated rings. The first-order valence-corrected chi connectivity index (χ1v) is 7.32. The van der Waals surface area contributed by atoms with Gasteiger partial charge in [0.25, 0.3) is 0 Å². The van der Waals surface area contributed by atoms with Gasteiger partial charge in [-0.2, -0.15) is 13.2 Å². The van der Waals surface area contributed by atoms with Crippen molar-refractivity contribution in [3.05, 3.63) is 35.4 Å². The lowest BCUT2D eigenvalue weighted by Crippen LogP contribution is -2.45. The summed E-state index contributed by atoms with van der Waals surface area (Å²) in [7, 11) is 0. The second-order valence-electron chi connectivity index (χ2n) is 5.46. The minimum Gasteiger partial charge on any atom is -0.335 e. The fourth-order valence-electron chi connectivity index (χ4n) is 2.74. The fourth-order valence-corrected chi connectivity index (χ4v) is 2.74. The monoisotopic (exact) mass is 313 g/mol. The van der Waals surface area contributed by atoms with E-state index in [-0.39, 0.29) is 24.8 Å². The number of nitrogens with zero attached hydrogens (tertiary/aromatic N) is 1. The molecule has 3 nitrogen and oxygen atoms in total. The Balaban J connectivity index is 1.97. The summed E-state index contributed by atoms with van der Waals surface area (Å²) in [6, 6.07) is 7.23. The maximum absolute atomic E-state index is 12.4. The van der Waals surface area contributed by atoms with Crippen LogP contribution in [-0.4, -0.2) is 35.9 Å². The van der Waals surface area contributed by atoms with Gasteiger partial charge in [-0.05, 0) is 24.3 Å². The molecule has 0 unspecified atom stereocenters. The van der Waals surface area contributed by atoms with Gasteiger partial charge in [-0.25, -0.2) is 0 Å². The molecule has 6 heteroatoms. The van der Waals surface area contributed by atoms with Crippen molar-refractivity contribution in [2.45, 2.75) is 38.3 Å². The van der Waals surface area contributed by atoms with Crippen LogP contribution in [0.15, 0.2) is 24.3 Å². The highest BCUT2D eigenvalue weighted by Crippen LogP contribution is 2.30. The van der Waals surface area contributed by atoms with Crippen molar-refractivity contribution in [3.8, 4) is 0 Å². The van der Waals surface area contributed by atoms with Crippen LogP contribution in [0.5, 0.6) is 0 Å². The number of hydrogen-bond acceptors (Lipinski definition) is 2. The lowest BCUT2D eigenvalue weighted by atomic mass is 9.88. The van der Waals surface area contributed by atoms with Crippen molar-refractivity contribution < 1.29 is 22.8 Å². The van der Waals surface area contributed by atoms with Gasteiger partial charge < -0.3 is 4.90 Å². The first-order chi connectivity index (χ1) is 10.3. The van der Waals surface area contributed by atoms with Gasteiger partial charge in [0.2, 0.25) is 0 Å². The van der Waals surface area contributed by atoms with E-state index in [0.717, 1.165) is 10.5 Å². The molecule has 0 atom stereocenters. The molecule has 0 radical (unpaired) electrons. The molecule has 1 saturated heterocycles. The summed E-state index contributed by atoms with van der Waals surface area (Å²) in [5, 5.41) is 0. The van der Waals surface area contributed by atoms with Crippen molar-refractivity contribution in [1.29, 1.82) is 0 Å². The topological polar surface area (TPSA) is 37.4 Å². The average molecular weight is 313 g/mol. The standard InChI is InChI=1S/C16H18F3NO2/c1-2-14(21)13-5-3-11(4-6-13)12-7-9-20(10-8-12)15(22)16(17,18)19/h3-6,12H,2,7-10H2,1H3. The number of alkyl halides is 3. The third kappa shape index (κ3) is 3.67. The van der Waals surface area contributed by atoms with Gasteiger partial charge in [0, 0.05) is 25.1 Å².